The molecule has 1 atom stereocenters. The summed E-state index contributed by atoms with van der Waals surface area (Å²) in [5.74, 6) is -0.297. The van der Waals surface area contributed by atoms with E-state index in [1.807, 2.05) is 19.1 Å². The second-order valence-electron chi connectivity index (χ2n) is 9.77. The zero-order valence-corrected chi connectivity index (χ0v) is 21.7. The van der Waals surface area contributed by atoms with Crippen LogP contribution in [-0.2, 0) is 15.6 Å². The molecule has 2 rings (SSSR count). The highest BCUT2D eigenvalue weighted by atomic mass is 35.5. The Bertz CT molecular complexity index is 1070. The van der Waals surface area contributed by atoms with E-state index in [1.165, 1.54) is 5.56 Å². The van der Waals surface area contributed by atoms with Gasteiger partial charge in [0.15, 0.2) is 6.10 Å². The second kappa shape index (κ2) is 10.6. The van der Waals surface area contributed by atoms with Crippen molar-refractivity contribution < 1.29 is 19.6 Å². The van der Waals surface area contributed by atoms with Crippen molar-refractivity contribution >= 4 is 28.9 Å². The number of benzene rings is 2. The van der Waals surface area contributed by atoms with Crippen molar-refractivity contribution in [3.63, 3.8) is 0 Å². The van der Waals surface area contributed by atoms with Gasteiger partial charge in [-0.15, -0.1) is 0 Å². The van der Waals surface area contributed by atoms with Crippen molar-refractivity contribution in [2.45, 2.75) is 84.7 Å². The summed E-state index contributed by atoms with van der Waals surface area (Å²) in [7, 11) is 0. The number of nitrogens with one attached hydrogen (secondary N) is 1. The van der Waals surface area contributed by atoms with Gasteiger partial charge in [-0.1, -0.05) is 72.2 Å². The third kappa shape index (κ3) is 6.00. The lowest BCUT2D eigenvalue weighted by Crippen LogP contribution is -2.33. The van der Waals surface area contributed by atoms with Crippen LogP contribution in [0.2, 0.25) is 5.02 Å². The van der Waals surface area contributed by atoms with Gasteiger partial charge in [0.2, 0.25) is 0 Å². The summed E-state index contributed by atoms with van der Waals surface area (Å²) in [6, 6.07) is 8.22. The lowest BCUT2D eigenvalue weighted by atomic mass is 9.76. The number of nitro benzene ring substituents is 1. The Morgan fingerprint density at radius 2 is 1.74 bits per heavy atom. The van der Waals surface area contributed by atoms with Crippen molar-refractivity contribution in [2.75, 3.05) is 5.32 Å². The van der Waals surface area contributed by atoms with Crippen LogP contribution in [0.5, 0.6) is 11.5 Å². The number of phenols is 1. The Kier molecular flexibility index (Phi) is 8.59. The summed E-state index contributed by atoms with van der Waals surface area (Å²) in [4.78, 5) is 23.3. The van der Waals surface area contributed by atoms with Gasteiger partial charge in [-0.05, 0) is 47.8 Å². The van der Waals surface area contributed by atoms with Crippen LogP contribution in [0.1, 0.15) is 78.9 Å². The number of hydrogen-bond donors (Lipinski definition) is 2. The molecule has 2 N–H and O–H groups in total. The fourth-order valence-electron chi connectivity index (χ4n) is 3.46. The van der Waals surface area contributed by atoms with E-state index in [1.54, 1.807) is 0 Å². The summed E-state index contributed by atoms with van der Waals surface area (Å²) >= 11 is 5.94. The van der Waals surface area contributed by atoms with Gasteiger partial charge in [0.25, 0.3) is 11.6 Å². The van der Waals surface area contributed by atoms with E-state index in [2.05, 4.69) is 52.9 Å². The summed E-state index contributed by atoms with van der Waals surface area (Å²) in [6.45, 7) is 14.8. The van der Waals surface area contributed by atoms with Crippen molar-refractivity contribution in [1.82, 2.24) is 0 Å². The average molecular weight is 491 g/mol. The van der Waals surface area contributed by atoms with Gasteiger partial charge < -0.3 is 15.2 Å². The Hall–Kier alpha value is -2.80. The van der Waals surface area contributed by atoms with E-state index in [0.29, 0.717) is 12.2 Å². The predicted molar refractivity (Wildman–Crippen MR) is 136 cm³/mol. The first-order chi connectivity index (χ1) is 15.8. The summed E-state index contributed by atoms with van der Waals surface area (Å²) in [5, 5.41) is 23.6. The zero-order valence-electron chi connectivity index (χ0n) is 21.0. The highest BCUT2D eigenvalue weighted by molar-refractivity contribution is 6.33. The predicted octanol–water partition coefficient (Wildman–Crippen LogP) is 7.13. The third-order valence-electron chi connectivity index (χ3n) is 6.71. The Morgan fingerprint density at radius 1 is 1.12 bits per heavy atom. The van der Waals surface area contributed by atoms with Gasteiger partial charge in [-0.2, -0.15) is 0 Å². The van der Waals surface area contributed by atoms with E-state index in [0.717, 1.165) is 30.5 Å². The molecule has 0 aliphatic carbocycles. The molecule has 0 radical (unpaired) electrons. The summed E-state index contributed by atoms with van der Waals surface area (Å²) in [6.07, 6.45) is 1.41. The molecule has 7 nitrogen and oxygen atoms in total. The molecular formula is C26H35ClN2O5. The lowest BCUT2D eigenvalue weighted by molar-refractivity contribution is -0.384. The molecule has 2 aromatic carbocycles. The number of aromatic hydroxyl groups is 1. The van der Waals surface area contributed by atoms with Crippen molar-refractivity contribution in [3.05, 3.63) is 56.6 Å². The van der Waals surface area contributed by atoms with E-state index in [4.69, 9.17) is 16.3 Å². The molecule has 34 heavy (non-hydrogen) atoms. The quantitative estimate of drug-likeness (QED) is 0.209. The van der Waals surface area contributed by atoms with Crippen LogP contribution >= 0.6 is 11.6 Å². The topological polar surface area (TPSA) is 102 Å². The minimum Gasteiger partial charge on any atom is -0.506 e. The lowest BCUT2D eigenvalue weighted by Gasteiger charge is -2.31. The van der Waals surface area contributed by atoms with Gasteiger partial charge in [-0.3, -0.25) is 14.9 Å². The third-order valence-corrected chi connectivity index (χ3v) is 7.01. The van der Waals surface area contributed by atoms with Crippen LogP contribution in [-0.4, -0.2) is 22.0 Å². The summed E-state index contributed by atoms with van der Waals surface area (Å²) in [5.41, 5.74) is 1.61. The number of phenolic OH excluding ortho intramolecular Hbond substituents is 1. The van der Waals surface area contributed by atoms with E-state index in [9.17, 15) is 20.0 Å². The highest BCUT2D eigenvalue weighted by Gasteiger charge is 2.29. The van der Waals surface area contributed by atoms with Crippen molar-refractivity contribution in [3.8, 4) is 11.5 Å². The van der Waals surface area contributed by atoms with Crippen LogP contribution in [0.25, 0.3) is 0 Å². The van der Waals surface area contributed by atoms with Crippen molar-refractivity contribution in [1.29, 1.82) is 0 Å². The van der Waals surface area contributed by atoms with Crippen LogP contribution in [0, 0.1) is 10.1 Å². The molecule has 1 amide bonds. The molecule has 0 saturated carbocycles. The first-order valence-corrected chi connectivity index (χ1v) is 11.9. The van der Waals surface area contributed by atoms with Gasteiger partial charge in [0.1, 0.15) is 16.5 Å². The number of nitro groups is 1. The second-order valence-corrected chi connectivity index (χ2v) is 10.2. The van der Waals surface area contributed by atoms with Gasteiger partial charge in [0, 0.05) is 5.56 Å². The van der Waals surface area contributed by atoms with Crippen LogP contribution in [0.15, 0.2) is 30.3 Å². The fourth-order valence-corrected chi connectivity index (χ4v) is 3.69. The molecule has 0 bridgehead atoms. The van der Waals surface area contributed by atoms with Gasteiger partial charge >= 0.3 is 0 Å². The van der Waals surface area contributed by atoms with Gasteiger partial charge in [-0.25, -0.2) is 0 Å². The first kappa shape index (κ1) is 27.4. The molecule has 0 aliphatic rings. The molecule has 0 heterocycles. The largest absolute Gasteiger partial charge is 0.506 e. The molecule has 0 spiro atoms. The molecule has 2 aromatic rings. The Balaban J connectivity index is 2.38. The molecule has 0 saturated heterocycles. The number of amides is 1. The van der Waals surface area contributed by atoms with Crippen LogP contribution in [0.4, 0.5) is 11.4 Å². The van der Waals surface area contributed by atoms with E-state index < -0.39 is 28.4 Å². The maximum atomic E-state index is 13.0. The number of hydrogen-bond acceptors (Lipinski definition) is 5. The number of carbonyl (C=O) groups is 1. The smallest absolute Gasteiger partial charge is 0.291 e. The molecule has 8 heteroatoms. The maximum absolute atomic E-state index is 13.0. The Morgan fingerprint density at radius 3 is 2.26 bits per heavy atom. The monoisotopic (exact) mass is 490 g/mol. The molecule has 0 fully saturated rings. The molecule has 1 unspecified atom stereocenters. The summed E-state index contributed by atoms with van der Waals surface area (Å²) < 4.78 is 6.22. The first-order valence-electron chi connectivity index (χ1n) is 11.6. The van der Waals surface area contributed by atoms with Crippen molar-refractivity contribution in [2.24, 2.45) is 0 Å². The molecule has 186 valence electrons. The standard InChI is InChI=1S/C26H35ClN2O5/c1-8-22(24(31)28-19-14-18(27)20(29(32)33)15-21(19)30)34-23-12-11-16(25(4,5)9-2)13-17(23)26(6,7)10-3/h11-15,22,30H,8-10H2,1-7H3,(H,28,31). The highest BCUT2D eigenvalue weighted by Crippen LogP contribution is 2.39. The van der Waals surface area contributed by atoms with Crippen LogP contribution in [0.3, 0.4) is 0 Å². The maximum Gasteiger partial charge on any atom is 0.291 e. The number of nitrogens with zero attached hydrogens (tertiary/aromatic N) is 1. The number of halogens is 1. The molecule has 0 aliphatic heterocycles. The molecular weight excluding hydrogens is 456 g/mol. The minimum absolute atomic E-state index is 0.00531. The SMILES string of the molecule is CCC(Oc1ccc(C(C)(C)CC)cc1C(C)(C)CC)C(=O)Nc1cc(Cl)c([N+](=O)[O-])cc1O. The fraction of sp³-hybridized carbons (Fsp3) is 0.500. The number of anilines is 1. The van der Waals surface area contributed by atoms with E-state index in [-0.39, 0.29) is 21.5 Å². The molecule has 0 aromatic heterocycles. The average Bonchev–Trinajstić information content (AvgIpc) is 2.79. The number of ether oxygens (including phenoxy) is 1. The number of carbonyl (C=O) groups excluding carboxylic acids is 1. The van der Waals surface area contributed by atoms with Crippen LogP contribution < -0.4 is 10.1 Å². The normalized spacial score (nSPS) is 12.8. The van der Waals surface area contributed by atoms with E-state index >= 15 is 0 Å². The number of rotatable bonds is 10. The Labute approximate surface area is 206 Å². The van der Waals surface area contributed by atoms with Gasteiger partial charge in [0.05, 0.1) is 16.7 Å². The minimum atomic E-state index is -0.843. The zero-order chi connectivity index (χ0) is 25.8.